The summed E-state index contributed by atoms with van der Waals surface area (Å²) in [5.41, 5.74) is 0.521. The normalized spacial score (nSPS) is 19.2. The molecule has 1 saturated heterocycles. The maximum Gasteiger partial charge on any atom is 0.311 e. The van der Waals surface area contributed by atoms with Gasteiger partial charge in [0.2, 0.25) is 5.91 Å². The Morgan fingerprint density at radius 1 is 1.50 bits per heavy atom. The third-order valence-electron chi connectivity index (χ3n) is 2.74. The molecule has 0 saturated carbocycles. The van der Waals surface area contributed by atoms with E-state index in [0.717, 1.165) is 0 Å². The first-order chi connectivity index (χ1) is 8.61. The fourth-order valence-corrected chi connectivity index (χ4v) is 1.84. The highest BCUT2D eigenvalue weighted by atomic mass is 16.6. The van der Waals surface area contributed by atoms with Crippen molar-refractivity contribution in [1.29, 1.82) is 0 Å². The van der Waals surface area contributed by atoms with E-state index in [1.54, 1.807) is 6.07 Å². The zero-order valence-electron chi connectivity index (χ0n) is 9.80. The summed E-state index contributed by atoms with van der Waals surface area (Å²) in [6.45, 7) is 0.552. The molecule has 18 heavy (non-hydrogen) atoms. The Labute approximate surface area is 103 Å². The number of amides is 1. The number of nitro groups is 1. The molecule has 96 valence electrons. The summed E-state index contributed by atoms with van der Waals surface area (Å²) in [6.07, 6.45) is 0.0187. The van der Waals surface area contributed by atoms with Crippen molar-refractivity contribution >= 4 is 11.6 Å². The molecule has 0 bridgehead atoms. The van der Waals surface area contributed by atoms with Crippen LogP contribution in [0.15, 0.2) is 18.2 Å². The number of nitro benzene ring substituents is 1. The Balaban J connectivity index is 2.31. The predicted molar refractivity (Wildman–Crippen MR) is 63.2 cm³/mol. The van der Waals surface area contributed by atoms with Gasteiger partial charge in [0.05, 0.1) is 12.0 Å². The minimum atomic E-state index is -0.507. The second kappa shape index (κ2) is 5.01. The lowest BCUT2D eigenvalue weighted by atomic mass is 10.1. The minimum absolute atomic E-state index is 0.0720. The van der Waals surface area contributed by atoms with Crippen LogP contribution in [0.3, 0.4) is 0 Å². The van der Waals surface area contributed by atoms with E-state index in [4.69, 9.17) is 4.74 Å². The zero-order valence-corrected chi connectivity index (χ0v) is 9.80. The van der Waals surface area contributed by atoms with Gasteiger partial charge in [-0.2, -0.15) is 0 Å². The molecule has 1 heterocycles. The van der Waals surface area contributed by atoms with E-state index in [2.05, 4.69) is 10.6 Å². The number of carbonyl (C=O) groups excluding carboxylic acids is 1. The highest BCUT2D eigenvalue weighted by Gasteiger charge is 2.22. The molecule has 7 nitrogen and oxygen atoms in total. The lowest BCUT2D eigenvalue weighted by Crippen LogP contribution is -2.44. The van der Waals surface area contributed by atoms with Crippen molar-refractivity contribution in [2.75, 3.05) is 13.7 Å². The highest BCUT2D eigenvalue weighted by molar-refractivity contribution is 5.77. The Morgan fingerprint density at radius 3 is 2.89 bits per heavy atom. The van der Waals surface area contributed by atoms with Gasteiger partial charge in [-0.1, -0.05) is 6.07 Å². The third kappa shape index (κ3) is 2.40. The van der Waals surface area contributed by atoms with Crippen LogP contribution in [0.5, 0.6) is 5.75 Å². The summed E-state index contributed by atoms with van der Waals surface area (Å²) < 4.78 is 4.92. The Morgan fingerprint density at radius 2 is 2.28 bits per heavy atom. The number of benzene rings is 1. The summed E-state index contributed by atoms with van der Waals surface area (Å²) in [4.78, 5) is 21.7. The van der Waals surface area contributed by atoms with Crippen LogP contribution in [0.25, 0.3) is 0 Å². The molecule has 0 unspecified atom stereocenters. The molecule has 1 fully saturated rings. The van der Waals surface area contributed by atoms with Gasteiger partial charge in [0.25, 0.3) is 0 Å². The third-order valence-corrected chi connectivity index (χ3v) is 2.74. The van der Waals surface area contributed by atoms with E-state index in [0.29, 0.717) is 18.5 Å². The fourth-order valence-electron chi connectivity index (χ4n) is 1.84. The van der Waals surface area contributed by atoms with Crippen molar-refractivity contribution < 1.29 is 14.5 Å². The van der Waals surface area contributed by atoms with Gasteiger partial charge in [0.1, 0.15) is 6.17 Å². The van der Waals surface area contributed by atoms with Gasteiger partial charge >= 0.3 is 5.69 Å². The van der Waals surface area contributed by atoms with Crippen LogP contribution in [0.2, 0.25) is 0 Å². The molecule has 0 radical (unpaired) electrons. The average Bonchev–Trinajstić information content (AvgIpc) is 2.38. The van der Waals surface area contributed by atoms with E-state index in [-0.39, 0.29) is 17.3 Å². The number of nitrogens with one attached hydrogen (secondary N) is 2. The summed E-state index contributed by atoms with van der Waals surface area (Å²) in [6, 6.07) is 4.62. The fraction of sp³-hybridized carbons (Fsp3) is 0.364. The molecule has 1 aromatic carbocycles. The lowest BCUT2D eigenvalue weighted by Gasteiger charge is -2.25. The average molecular weight is 251 g/mol. The van der Waals surface area contributed by atoms with Crippen LogP contribution in [-0.4, -0.2) is 24.5 Å². The minimum Gasteiger partial charge on any atom is -0.490 e. The molecule has 2 rings (SSSR count). The first-order valence-corrected chi connectivity index (χ1v) is 5.47. The van der Waals surface area contributed by atoms with Crippen LogP contribution >= 0.6 is 0 Å². The lowest BCUT2D eigenvalue weighted by molar-refractivity contribution is -0.385. The molecular weight excluding hydrogens is 238 g/mol. The van der Waals surface area contributed by atoms with Gasteiger partial charge in [-0.3, -0.25) is 20.2 Å². The standard InChI is InChI=1S/C11H13N3O4/c1-18-9-3-2-7(6-8(9)14(16)17)11-12-5-4-10(15)13-11/h2-3,6,11-12H,4-5H2,1H3,(H,13,15)/t11-/m0/s1. The molecule has 1 atom stereocenters. The van der Waals surface area contributed by atoms with Gasteiger partial charge in [-0.05, 0) is 11.6 Å². The molecule has 1 aromatic rings. The highest BCUT2D eigenvalue weighted by Crippen LogP contribution is 2.29. The predicted octanol–water partition coefficient (Wildman–Crippen LogP) is 0.711. The maximum atomic E-state index is 11.3. The summed E-state index contributed by atoms with van der Waals surface area (Å²) >= 11 is 0. The van der Waals surface area contributed by atoms with Crippen LogP contribution in [0.1, 0.15) is 18.2 Å². The van der Waals surface area contributed by atoms with E-state index in [1.807, 2.05) is 0 Å². The Kier molecular flexibility index (Phi) is 3.42. The van der Waals surface area contributed by atoms with E-state index >= 15 is 0 Å². The molecule has 0 aromatic heterocycles. The van der Waals surface area contributed by atoms with Crippen LogP contribution in [0.4, 0.5) is 5.69 Å². The number of ether oxygens (including phenoxy) is 1. The SMILES string of the molecule is COc1ccc([C@H]2NCCC(=O)N2)cc1[N+](=O)[O-]. The van der Waals surface area contributed by atoms with Gasteiger partial charge in [0.15, 0.2) is 5.75 Å². The molecular formula is C11H13N3O4. The maximum absolute atomic E-state index is 11.3. The van der Waals surface area contributed by atoms with Gasteiger partial charge < -0.3 is 10.1 Å². The zero-order chi connectivity index (χ0) is 13.1. The topological polar surface area (TPSA) is 93.5 Å². The Hall–Kier alpha value is -2.15. The van der Waals surface area contributed by atoms with E-state index in [1.165, 1.54) is 19.2 Å². The monoisotopic (exact) mass is 251 g/mol. The van der Waals surface area contributed by atoms with Crippen molar-refractivity contribution in [3.63, 3.8) is 0 Å². The quantitative estimate of drug-likeness (QED) is 0.609. The number of nitrogens with zero attached hydrogens (tertiary/aromatic N) is 1. The number of rotatable bonds is 3. The van der Waals surface area contributed by atoms with E-state index < -0.39 is 11.1 Å². The first-order valence-electron chi connectivity index (χ1n) is 5.47. The van der Waals surface area contributed by atoms with Crippen molar-refractivity contribution in [3.05, 3.63) is 33.9 Å². The van der Waals surface area contributed by atoms with Gasteiger partial charge in [0, 0.05) is 19.0 Å². The Bertz CT molecular complexity index is 489. The molecule has 1 aliphatic heterocycles. The van der Waals surface area contributed by atoms with Gasteiger partial charge in [-0.25, -0.2) is 0 Å². The van der Waals surface area contributed by atoms with Crippen molar-refractivity contribution in [3.8, 4) is 5.75 Å². The van der Waals surface area contributed by atoms with Crippen molar-refractivity contribution in [1.82, 2.24) is 10.6 Å². The second-order valence-electron chi connectivity index (χ2n) is 3.89. The van der Waals surface area contributed by atoms with Crippen LogP contribution < -0.4 is 15.4 Å². The molecule has 1 aliphatic rings. The summed E-state index contributed by atoms with van der Waals surface area (Å²) in [5.74, 6) is 0.128. The molecule has 0 aliphatic carbocycles. The number of methoxy groups -OCH3 is 1. The molecule has 7 heteroatoms. The number of hydrogen-bond donors (Lipinski definition) is 2. The summed E-state index contributed by atoms with van der Waals surface area (Å²) in [7, 11) is 1.38. The second-order valence-corrected chi connectivity index (χ2v) is 3.89. The van der Waals surface area contributed by atoms with E-state index in [9.17, 15) is 14.9 Å². The molecule has 1 amide bonds. The smallest absolute Gasteiger partial charge is 0.311 e. The van der Waals surface area contributed by atoms with Crippen LogP contribution in [-0.2, 0) is 4.79 Å². The number of carbonyl (C=O) groups is 1. The largest absolute Gasteiger partial charge is 0.490 e. The first kappa shape index (κ1) is 12.3. The molecule has 2 N–H and O–H groups in total. The van der Waals surface area contributed by atoms with Gasteiger partial charge in [-0.15, -0.1) is 0 Å². The molecule has 0 spiro atoms. The number of hydrogen-bond acceptors (Lipinski definition) is 5. The van der Waals surface area contributed by atoms with Crippen molar-refractivity contribution in [2.24, 2.45) is 0 Å². The summed E-state index contributed by atoms with van der Waals surface area (Å²) in [5, 5.41) is 16.7. The van der Waals surface area contributed by atoms with Crippen molar-refractivity contribution in [2.45, 2.75) is 12.6 Å². The van der Waals surface area contributed by atoms with Crippen LogP contribution in [0, 0.1) is 10.1 Å².